The summed E-state index contributed by atoms with van der Waals surface area (Å²) < 4.78 is 14.9. The molecule has 3 N–H and O–H groups in total. The average Bonchev–Trinajstić information content (AvgIpc) is 2.84. The quantitative estimate of drug-likeness (QED) is 0.716. The Morgan fingerprint density at radius 3 is 2.57 bits per heavy atom. The SMILES string of the molecule is Cc1ccc(-c2c(N)n[nH]c2-c2cc(Br)ccc2F)cc1. The first-order valence-electron chi connectivity index (χ1n) is 6.42. The van der Waals surface area contributed by atoms with E-state index in [9.17, 15) is 4.39 Å². The molecule has 0 amide bonds. The number of H-pyrrole nitrogens is 1. The molecule has 0 spiro atoms. The van der Waals surface area contributed by atoms with Crippen molar-refractivity contribution >= 4 is 21.7 Å². The van der Waals surface area contributed by atoms with E-state index in [0.717, 1.165) is 15.6 Å². The van der Waals surface area contributed by atoms with Crippen LogP contribution in [0.25, 0.3) is 22.4 Å². The predicted octanol–water partition coefficient (Wildman–Crippen LogP) is 4.54. The van der Waals surface area contributed by atoms with Crippen molar-refractivity contribution in [2.45, 2.75) is 6.92 Å². The van der Waals surface area contributed by atoms with Crippen LogP contribution < -0.4 is 5.73 Å². The van der Waals surface area contributed by atoms with Gasteiger partial charge in [-0.2, -0.15) is 5.10 Å². The third kappa shape index (κ3) is 2.56. The molecule has 5 heteroatoms. The molecule has 0 radical (unpaired) electrons. The maximum Gasteiger partial charge on any atom is 0.153 e. The Balaban J connectivity index is 2.21. The first-order chi connectivity index (χ1) is 10.1. The van der Waals surface area contributed by atoms with Crippen LogP contribution in [0.5, 0.6) is 0 Å². The molecule has 0 aliphatic rings. The number of nitrogens with one attached hydrogen (secondary N) is 1. The number of nitrogen functional groups attached to an aromatic ring is 1. The fourth-order valence-corrected chi connectivity index (χ4v) is 2.61. The number of nitrogens with two attached hydrogens (primary N) is 1. The molecule has 2 aromatic carbocycles. The number of aromatic amines is 1. The molecule has 1 aromatic heterocycles. The summed E-state index contributed by atoms with van der Waals surface area (Å²) in [6.45, 7) is 2.01. The lowest BCUT2D eigenvalue weighted by Gasteiger charge is -2.07. The van der Waals surface area contributed by atoms with Gasteiger partial charge in [0.15, 0.2) is 5.82 Å². The van der Waals surface area contributed by atoms with Crippen molar-refractivity contribution in [1.82, 2.24) is 10.2 Å². The molecule has 0 atom stereocenters. The van der Waals surface area contributed by atoms with Gasteiger partial charge in [-0.1, -0.05) is 45.8 Å². The molecule has 0 fully saturated rings. The van der Waals surface area contributed by atoms with E-state index < -0.39 is 0 Å². The van der Waals surface area contributed by atoms with Gasteiger partial charge in [-0.15, -0.1) is 0 Å². The number of aromatic nitrogens is 2. The molecular weight excluding hydrogens is 333 g/mol. The Morgan fingerprint density at radius 2 is 1.86 bits per heavy atom. The van der Waals surface area contributed by atoms with Crippen LogP contribution in [0, 0.1) is 12.7 Å². The summed E-state index contributed by atoms with van der Waals surface area (Å²) in [6, 6.07) is 12.7. The van der Waals surface area contributed by atoms with Gasteiger partial charge in [0.25, 0.3) is 0 Å². The highest BCUT2D eigenvalue weighted by atomic mass is 79.9. The van der Waals surface area contributed by atoms with E-state index in [-0.39, 0.29) is 5.82 Å². The van der Waals surface area contributed by atoms with E-state index in [1.54, 1.807) is 12.1 Å². The minimum atomic E-state index is -0.324. The molecule has 0 unspecified atom stereocenters. The Kier molecular flexibility index (Phi) is 3.51. The fraction of sp³-hybridized carbons (Fsp3) is 0.0625. The van der Waals surface area contributed by atoms with Gasteiger partial charge in [0.1, 0.15) is 5.82 Å². The van der Waals surface area contributed by atoms with Crippen LogP contribution in [0.1, 0.15) is 5.56 Å². The summed E-state index contributed by atoms with van der Waals surface area (Å²) in [7, 11) is 0. The molecule has 106 valence electrons. The van der Waals surface area contributed by atoms with Crippen LogP contribution in [0.3, 0.4) is 0 Å². The van der Waals surface area contributed by atoms with Crippen molar-refractivity contribution in [2.24, 2.45) is 0 Å². The van der Waals surface area contributed by atoms with Crippen LogP contribution >= 0.6 is 15.9 Å². The molecule has 3 rings (SSSR count). The highest BCUT2D eigenvalue weighted by Crippen LogP contribution is 2.36. The number of nitrogens with zero attached hydrogens (tertiary/aromatic N) is 1. The lowest BCUT2D eigenvalue weighted by molar-refractivity contribution is 0.630. The number of rotatable bonds is 2. The Bertz CT molecular complexity index is 794. The molecular formula is C16H13BrFN3. The zero-order valence-electron chi connectivity index (χ0n) is 11.3. The minimum absolute atomic E-state index is 0.324. The van der Waals surface area contributed by atoms with Crippen LogP contribution in [0.15, 0.2) is 46.9 Å². The van der Waals surface area contributed by atoms with Crippen molar-refractivity contribution in [3.8, 4) is 22.4 Å². The van der Waals surface area contributed by atoms with Crippen molar-refractivity contribution in [3.63, 3.8) is 0 Å². The fourth-order valence-electron chi connectivity index (χ4n) is 2.25. The van der Waals surface area contributed by atoms with Crippen LogP contribution in [0.2, 0.25) is 0 Å². The standard InChI is InChI=1S/C16H13BrFN3/c1-9-2-4-10(5-3-9)14-15(20-21-16(14)19)12-8-11(17)6-7-13(12)18/h2-8H,1H3,(H3,19,20,21). The molecule has 0 saturated carbocycles. The number of hydrogen-bond acceptors (Lipinski definition) is 2. The molecule has 0 bridgehead atoms. The molecule has 1 heterocycles. The Morgan fingerprint density at radius 1 is 1.14 bits per heavy atom. The van der Waals surface area contributed by atoms with Gasteiger partial charge in [-0.05, 0) is 30.7 Å². The topological polar surface area (TPSA) is 54.7 Å². The molecule has 0 saturated heterocycles. The maximum absolute atomic E-state index is 14.1. The van der Waals surface area contributed by atoms with E-state index >= 15 is 0 Å². The van der Waals surface area contributed by atoms with Crippen LogP contribution in [-0.2, 0) is 0 Å². The second kappa shape index (κ2) is 5.33. The zero-order chi connectivity index (χ0) is 15.0. The summed E-state index contributed by atoms with van der Waals surface area (Å²) in [4.78, 5) is 0. The van der Waals surface area contributed by atoms with Gasteiger partial charge in [-0.25, -0.2) is 4.39 Å². The summed E-state index contributed by atoms with van der Waals surface area (Å²) in [5, 5.41) is 6.87. The summed E-state index contributed by atoms with van der Waals surface area (Å²) in [5.41, 5.74) is 9.74. The third-order valence-electron chi connectivity index (χ3n) is 3.33. The second-order valence-corrected chi connectivity index (χ2v) is 5.76. The number of hydrogen-bond donors (Lipinski definition) is 2. The lowest BCUT2D eigenvalue weighted by atomic mass is 10.00. The smallest absolute Gasteiger partial charge is 0.153 e. The van der Waals surface area contributed by atoms with E-state index in [0.29, 0.717) is 22.6 Å². The Labute approximate surface area is 130 Å². The Hall–Kier alpha value is -2.14. The van der Waals surface area contributed by atoms with Gasteiger partial charge >= 0.3 is 0 Å². The van der Waals surface area contributed by atoms with Crippen molar-refractivity contribution in [2.75, 3.05) is 5.73 Å². The van der Waals surface area contributed by atoms with Gasteiger partial charge in [0, 0.05) is 10.0 Å². The largest absolute Gasteiger partial charge is 0.382 e. The highest BCUT2D eigenvalue weighted by Gasteiger charge is 2.17. The van der Waals surface area contributed by atoms with Gasteiger partial charge in [-0.3, -0.25) is 5.10 Å². The summed E-state index contributed by atoms with van der Waals surface area (Å²) in [5.74, 6) is 0.0310. The van der Waals surface area contributed by atoms with Gasteiger partial charge in [0.2, 0.25) is 0 Å². The molecule has 0 aliphatic carbocycles. The number of anilines is 1. The van der Waals surface area contributed by atoms with E-state index in [4.69, 9.17) is 5.73 Å². The van der Waals surface area contributed by atoms with Crippen molar-refractivity contribution < 1.29 is 4.39 Å². The number of aryl methyl sites for hydroxylation is 1. The maximum atomic E-state index is 14.1. The van der Waals surface area contributed by atoms with E-state index in [2.05, 4.69) is 26.1 Å². The monoisotopic (exact) mass is 345 g/mol. The van der Waals surface area contributed by atoms with E-state index in [1.807, 2.05) is 31.2 Å². The summed E-state index contributed by atoms with van der Waals surface area (Å²) >= 11 is 3.36. The van der Waals surface area contributed by atoms with Gasteiger partial charge < -0.3 is 5.73 Å². The van der Waals surface area contributed by atoms with E-state index in [1.165, 1.54) is 6.07 Å². The first-order valence-corrected chi connectivity index (χ1v) is 7.22. The number of halogens is 2. The molecule has 0 aliphatic heterocycles. The molecule has 21 heavy (non-hydrogen) atoms. The van der Waals surface area contributed by atoms with Crippen molar-refractivity contribution in [1.29, 1.82) is 0 Å². The first kappa shape index (κ1) is 13.8. The van der Waals surface area contributed by atoms with Crippen molar-refractivity contribution in [3.05, 3.63) is 58.3 Å². The second-order valence-electron chi connectivity index (χ2n) is 4.85. The normalized spacial score (nSPS) is 10.8. The number of benzene rings is 2. The van der Waals surface area contributed by atoms with Crippen LogP contribution in [-0.4, -0.2) is 10.2 Å². The lowest BCUT2D eigenvalue weighted by Crippen LogP contribution is -1.90. The minimum Gasteiger partial charge on any atom is -0.382 e. The highest BCUT2D eigenvalue weighted by molar-refractivity contribution is 9.10. The zero-order valence-corrected chi connectivity index (χ0v) is 12.9. The van der Waals surface area contributed by atoms with Crippen LogP contribution in [0.4, 0.5) is 10.2 Å². The van der Waals surface area contributed by atoms with Gasteiger partial charge in [0.05, 0.1) is 11.3 Å². The third-order valence-corrected chi connectivity index (χ3v) is 3.83. The summed E-state index contributed by atoms with van der Waals surface area (Å²) in [6.07, 6.45) is 0. The molecule has 3 nitrogen and oxygen atoms in total. The molecule has 3 aromatic rings. The predicted molar refractivity (Wildman–Crippen MR) is 86.3 cm³/mol. The average molecular weight is 346 g/mol.